The maximum atomic E-state index is 11.7. The molecule has 0 aliphatic carbocycles. The highest BCUT2D eigenvalue weighted by Gasteiger charge is 2.14. The number of fused-ring (bicyclic) bond motifs is 3. The van der Waals surface area contributed by atoms with Gasteiger partial charge in [0.15, 0.2) is 5.82 Å². The topological polar surface area (TPSA) is 120 Å². The lowest BCUT2D eigenvalue weighted by Crippen LogP contribution is -2.04. The number of esters is 1. The molecule has 1 N–H and O–H groups in total. The Morgan fingerprint density at radius 1 is 1.25 bits per heavy atom. The molecule has 10 heteroatoms. The Balaban J connectivity index is 1.68. The molecule has 0 fully saturated rings. The Labute approximate surface area is 134 Å². The molecule has 3 aromatic heterocycles. The Bertz CT molecular complexity index is 1020. The zero-order chi connectivity index (χ0) is 16.5. The first-order valence-electron chi connectivity index (χ1n) is 7.12. The predicted molar refractivity (Wildman–Crippen MR) is 81.8 cm³/mol. The Morgan fingerprint density at radius 3 is 2.88 bits per heavy atom. The van der Waals surface area contributed by atoms with Crippen LogP contribution in [0, 0.1) is 0 Å². The third-order valence-electron chi connectivity index (χ3n) is 3.32. The average molecular weight is 325 g/mol. The van der Waals surface area contributed by atoms with Gasteiger partial charge in [0.25, 0.3) is 0 Å². The number of nitrogens with zero attached hydrogens (tertiary/aromatic N) is 6. The number of aromatic nitrogens is 6. The van der Waals surface area contributed by atoms with Crippen LogP contribution in [0.1, 0.15) is 17.3 Å². The fraction of sp³-hybridized carbons (Fsp3) is 0.143. The standard InChI is InChI=1S/C14H11N7O3/c1-2-23-14(22)8-3-5-9(6-4-8)16-10-12-18-15-7-21(12)13-11(17-10)19-24-20-13/h3-7H,2H2,1H3,(H,16,17,19). The predicted octanol–water partition coefficient (Wildman–Crippen LogP) is 1.58. The molecule has 0 bridgehead atoms. The first kappa shape index (κ1) is 14.1. The lowest BCUT2D eigenvalue weighted by atomic mass is 10.2. The van der Waals surface area contributed by atoms with Crippen molar-refractivity contribution in [3.63, 3.8) is 0 Å². The van der Waals surface area contributed by atoms with Gasteiger partial charge in [-0.3, -0.25) is 4.40 Å². The number of anilines is 2. The molecule has 1 aromatic carbocycles. The minimum absolute atomic E-state index is 0.327. The van der Waals surface area contributed by atoms with E-state index in [4.69, 9.17) is 9.37 Å². The lowest BCUT2D eigenvalue weighted by molar-refractivity contribution is 0.0526. The zero-order valence-corrected chi connectivity index (χ0v) is 12.5. The first-order chi connectivity index (χ1) is 11.8. The number of carbonyl (C=O) groups is 1. The van der Waals surface area contributed by atoms with Crippen molar-refractivity contribution in [3.05, 3.63) is 36.2 Å². The second-order valence-corrected chi connectivity index (χ2v) is 4.82. The van der Waals surface area contributed by atoms with E-state index in [9.17, 15) is 4.79 Å². The van der Waals surface area contributed by atoms with Crippen LogP contribution >= 0.6 is 0 Å². The molecule has 0 amide bonds. The number of benzene rings is 1. The lowest BCUT2D eigenvalue weighted by Gasteiger charge is -2.07. The van der Waals surface area contributed by atoms with Crippen molar-refractivity contribution in [1.82, 2.24) is 29.9 Å². The monoisotopic (exact) mass is 325 g/mol. The summed E-state index contributed by atoms with van der Waals surface area (Å²) in [5, 5.41) is 18.5. The highest BCUT2D eigenvalue weighted by atomic mass is 16.6. The Kier molecular flexibility index (Phi) is 3.26. The van der Waals surface area contributed by atoms with Gasteiger partial charge in [0.1, 0.15) is 6.33 Å². The van der Waals surface area contributed by atoms with Crippen molar-refractivity contribution in [2.45, 2.75) is 6.92 Å². The zero-order valence-electron chi connectivity index (χ0n) is 12.5. The van der Waals surface area contributed by atoms with Crippen LogP contribution in [0.5, 0.6) is 0 Å². The summed E-state index contributed by atoms with van der Waals surface area (Å²) in [4.78, 5) is 16.0. The van der Waals surface area contributed by atoms with E-state index in [0.717, 1.165) is 5.69 Å². The van der Waals surface area contributed by atoms with Gasteiger partial charge in [0.2, 0.25) is 16.9 Å². The van der Waals surface area contributed by atoms with E-state index >= 15 is 0 Å². The van der Waals surface area contributed by atoms with Gasteiger partial charge in [0.05, 0.1) is 12.2 Å². The van der Waals surface area contributed by atoms with E-state index in [2.05, 4.69) is 30.8 Å². The molecule has 0 aliphatic rings. The maximum absolute atomic E-state index is 11.7. The summed E-state index contributed by atoms with van der Waals surface area (Å²) in [6.45, 7) is 2.09. The quantitative estimate of drug-likeness (QED) is 0.557. The van der Waals surface area contributed by atoms with Gasteiger partial charge in [-0.25, -0.2) is 14.4 Å². The van der Waals surface area contributed by atoms with Gasteiger partial charge in [-0.2, -0.15) is 0 Å². The van der Waals surface area contributed by atoms with Gasteiger partial charge >= 0.3 is 5.97 Å². The highest BCUT2D eigenvalue weighted by Crippen LogP contribution is 2.22. The number of rotatable bonds is 4. The molecule has 0 aliphatic heterocycles. The number of nitrogens with one attached hydrogen (secondary N) is 1. The molecule has 120 valence electrons. The minimum Gasteiger partial charge on any atom is -0.462 e. The Morgan fingerprint density at radius 2 is 2.08 bits per heavy atom. The summed E-state index contributed by atoms with van der Waals surface area (Å²) in [6.07, 6.45) is 1.50. The summed E-state index contributed by atoms with van der Waals surface area (Å²) in [6, 6.07) is 6.81. The molecule has 0 unspecified atom stereocenters. The van der Waals surface area contributed by atoms with Gasteiger partial charge in [0, 0.05) is 5.69 Å². The van der Waals surface area contributed by atoms with Gasteiger partial charge in [-0.1, -0.05) is 0 Å². The molecule has 0 saturated heterocycles. The summed E-state index contributed by atoms with van der Waals surface area (Å²) in [5.41, 5.74) is 2.43. The van der Waals surface area contributed by atoms with Crippen LogP contribution in [0.15, 0.2) is 35.2 Å². The SMILES string of the molecule is CCOC(=O)c1ccc(Nc2nc3nonc3n3cnnc23)cc1. The molecule has 0 saturated carbocycles. The number of hydrogen-bond acceptors (Lipinski definition) is 9. The van der Waals surface area contributed by atoms with Crippen molar-refractivity contribution in [2.24, 2.45) is 0 Å². The Hall–Kier alpha value is -3.56. The summed E-state index contributed by atoms with van der Waals surface area (Å²) >= 11 is 0. The van der Waals surface area contributed by atoms with Crippen molar-refractivity contribution in [2.75, 3.05) is 11.9 Å². The highest BCUT2D eigenvalue weighted by molar-refractivity contribution is 5.90. The van der Waals surface area contributed by atoms with E-state index in [1.54, 1.807) is 35.6 Å². The van der Waals surface area contributed by atoms with E-state index < -0.39 is 0 Å². The third kappa shape index (κ3) is 2.29. The summed E-state index contributed by atoms with van der Waals surface area (Å²) < 4.78 is 11.3. The van der Waals surface area contributed by atoms with Crippen LogP contribution in [-0.4, -0.2) is 42.5 Å². The largest absolute Gasteiger partial charge is 0.462 e. The van der Waals surface area contributed by atoms with Gasteiger partial charge < -0.3 is 10.1 Å². The molecule has 3 heterocycles. The average Bonchev–Trinajstić information content (AvgIpc) is 3.24. The van der Waals surface area contributed by atoms with Crippen molar-refractivity contribution in [3.8, 4) is 0 Å². The number of hydrogen-bond donors (Lipinski definition) is 1. The number of carbonyl (C=O) groups excluding carboxylic acids is 1. The summed E-state index contributed by atoms with van der Waals surface area (Å²) in [7, 11) is 0. The number of ether oxygens (including phenoxy) is 1. The van der Waals surface area contributed by atoms with Crippen LogP contribution in [-0.2, 0) is 4.74 Å². The van der Waals surface area contributed by atoms with Crippen LogP contribution < -0.4 is 5.32 Å². The smallest absolute Gasteiger partial charge is 0.338 e. The van der Waals surface area contributed by atoms with Crippen LogP contribution in [0.3, 0.4) is 0 Å². The molecule has 10 nitrogen and oxygen atoms in total. The fourth-order valence-corrected chi connectivity index (χ4v) is 2.23. The van der Waals surface area contributed by atoms with Gasteiger partial charge in [-0.05, 0) is 41.5 Å². The molecule has 0 radical (unpaired) electrons. The fourth-order valence-electron chi connectivity index (χ4n) is 2.23. The van der Waals surface area contributed by atoms with Crippen LogP contribution in [0.2, 0.25) is 0 Å². The van der Waals surface area contributed by atoms with Crippen LogP contribution in [0.4, 0.5) is 11.5 Å². The van der Waals surface area contributed by atoms with Crippen LogP contribution in [0.25, 0.3) is 16.9 Å². The molecule has 4 rings (SSSR count). The normalized spacial score (nSPS) is 11.0. The minimum atomic E-state index is -0.364. The maximum Gasteiger partial charge on any atom is 0.338 e. The first-order valence-corrected chi connectivity index (χ1v) is 7.12. The van der Waals surface area contributed by atoms with Crippen molar-refractivity contribution >= 4 is 34.4 Å². The van der Waals surface area contributed by atoms with E-state index in [0.29, 0.717) is 34.9 Å². The van der Waals surface area contributed by atoms with Gasteiger partial charge in [-0.15, -0.1) is 10.2 Å². The molecule has 24 heavy (non-hydrogen) atoms. The van der Waals surface area contributed by atoms with Crippen molar-refractivity contribution in [1.29, 1.82) is 0 Å². The van der Waals surface area contributed by atoms with E-state index in [1.807, 2.05) is 0 Å². The van der Waals surface area contributed by atoms with E-state index in [-0.39, 0.29) is 5.97 Å². The molecule has 4 aromatic rings. The van der Waals surface area contributed by atoms with Crippen molar-refractivity contribution < 1.29 is 14.2 Å². The molecule has 0 spiro atoms. The summed E-state index contributed by atoms with van der Waals surface area (Å²) in [5.74, 6) is 0.0803. The molecule has 0 atom stereocenters. The molecular formula is C14H11N7O3. The second-order valence-electron chi connectivity index (χ2n) is 4.82. The third-order valence-corrected chi connectivity index (χ3v) is 3.32. The molecular weight excluding hydrogens is 314 g/mol. The second kappa shape index (κ2) is 5.57. The van der Waals surface area contributed by atoms with E-state index in [1.165, 1.54) is 6.33 Å².